The molecule has 0 bridgehead atoms. The second kappa shape index (κ2) is 12.0. The Morgan fingerprint density at radius 1 is 0.941 bits per heavy atom. The molecule has 178 valence electrons. The van der Waals surface area contributed by atoms with Gasteiger partial charge in [0.25, 0.3) is 5.91 Å². The number of ether oxygens (including phenoxy) is 2. The van der Waals surface area contributed by atoms with Gasteiger partial charge in [0.1, 0.15) is 0 Å². The molecule has 3 aromatic carbocycles. The molecule has 1 unspecified atom stereocenters. The van der Waals surface area contributed by atoms with E-state index < -0.39 is 0 Å². The Kier molecular flexibility index (Phi) is 9.10. The molecule has 1 atom stereocenters. The molecule has 0 fully saturated rings. The van der Waals surface area contributed by atoms with Crippen LogP contribution < -0.4 is 20.1 Å². The van der Waals surface area contributed by atoms with E-state index in [0.29, 0.717) is 44.9 Å². The SMILES string of the molecule is CCC(Sc1cccc(NC(=O)c2ccc(OC)c(OC)c2)c1)C(=O)Nc1ccc(Cl)cc1Cl. The third-order valence-corrected chi connectivity index (χ3v) is 6.77. The summed E-state index contributed by atoms with van der Waals surface area (Å²) < 4.78 is 10.5. The van der Waals surface area contributed by atoms with E-state index in [4.69, 9.17) is 32.7 Å². The summed E-state index contributed by atoms with van der Waals surface area (Å²) in [6, 6.07) is 17.2. The Labute approximate surface area is 212 Å². The first-order chi connectivity index (χ1) is 16.3. The molecule has 2 N–H and O–H groups in total. The van der Waals surface area contributed by atoms with Crippen LogP contribution in [0.15, 0.2) is 65.6 Å². The molecule has 0 aliphatic heterocycles. The highest BCUT2D eigenvalue weighted by Gasteiger charge is 2.19. The van der Waals surface area contributed by atoms with Crippen molar-refractivity contribution >= 4 is 58.2 Å². The molecule has 2 amide bonds. The minimum absolute atomic E-state index is 0.170. The van der Waals surface area contributed by atoms with Gasteiger partial charge in [0, 0.05) is 21.2 Å². The van der Waals surface area contributed by atoms with E-state index in [-0.39, 0.29) is 17.1 Å². The number of methoxy groups -OCH3 is 2. The summed E-state index contributed by atoms with van der Waals surface area (Å²) in [5.74, 6) is 0.556. The van der Waals surface area contributed by atoms with Crippen molar-refractivity contribution in [2.24, 2.45) is 0 Å². The van der Waals surface area contributed by atoms with Crippen LogP contribution in [0.5, 0.6) is 11.5 Å². The fraction of sp³-hybridized carbons (Fsp3) is 0.200. The van der Waals surface area contributed by atoms with Gasteiger partial charge in [0.15, 0.2) is 11.5 Å². The Bertz CT molecular complexity index is 1190. The van der Waals surface area contributed by atoms with Crippen LogP contribution >= 0.6 is 35.0 Å². The zero-order chi connectivity index (χ0) is 24.7. The van der Waals surface area contributed by atoms with Gasteiger partial charge in [-0.15, -0.1) is 11.8 Å². The molecule has 3 rings (SSSR count). The predicted octanol–water partition coefficient (Wildman–Crippen LogP) is 6.77. The number of thioether (sulfide) groups is 1. The summed E-state index contributed by atoms with van der Waals surface area (Å²) in [5.41, 5.74) is 1.55. The minimum Gasteiger partial charge on any atom is -0.493 e. The third-order valence-electron chi connectivity index (χ3n) is 4.87. The van der Waals surface area contributed by atoms with Crippen molar-refractivity contribution in [3.05, 3.63) is 76.3 Å². The Balaban J connectivity index is 1.69. The number of halogens is 2. The van der Waals surface area contributed by atoms with Crippen LogP contribution in [0.25, 0.3) is 0 Å². The van der Waals surface area contributed by atoms with E-state index in [1.165, 1.54) is 26.0 Å². The summed E-state index contributed by atoms with van der Waals surface area (Å²) >= 11 is 13.5. The molecular formula is C25H24Cl2N2O4S. The molecular weight excluding hydrogens is 495 g/mol. The average Bonchev–Trinajstić information content (AvgIpc) is 2.83. The van der Waals surface area contributed by atoms with Gasteiger partial charge in [-0.1, -0.05) is 36.2 Å². The van der Waals surface area contributed by atoms with E-state index in [1.54, 1.807) is 42.5 Å². The van der Waals surface area contributed by atoms with Crippen LogP contribution in [0.1, 0.15) is 23.7 Å². The van der Waals surface area contributed by atoms with Crippen molar-refractivity contribution in [2.45, 2.75) is 23.5 Å². The number of rotatable bonds is 9. The normalized spacial score (nSPS) is 11.4. The molecule has 34 heavy (non-hydrogen) atoms. The van der Waals surface area contributed by atoms with Gasteiger partial charge < -0.3 is 20.1 Å². The Hall–Kier alpha value is -2.87. The molecule has 3 aromatic rings. The number of benzene rings is 3. The molecule has 0 radical (unpaired) electrons. The third kappa shape index (κ3) is 6.59. The van der Waals surface area contributed by atoms with Crippen LogP contribution in [0.4, 0.5) is 11.4 Å². The number of hydrogen-bond acceptors (Lipinski definition) is 5. The van der Waals surface area contributed by atoms with Crippen molar-refractivity contribution in [3.8, 4) is 11.5 Å². The summed E-state index contributed by atoms with van der Waals surface area (Å²) in [4.78, 5) is 26.4. The monoisotopic (exact) mass is 518 g/mol. The zero-order valence-electron chi connectivity index (χ0n) is 18.9. The summed E-state index contributed by atoms with van der Waals surface area (Å²) in [6.07, 6.45) is 0.601. The summed E-state index contributed by atoms with van der Waals surface area (Å²) in [6.45, 7) is 1.93. The van der Waals surface area contributed by atoms with Crippen molar-refractivity contribution in [1.29, 1.82) is 0 Å². The largest absolute Gasteiger partial charge is 0.493 e. The topological polar surface area (TPSA) is 76.7 Å². The highest BCUT2D eigenvalue weighted by atomic mass is 35.5. The smallest absolute Gasteiger partial charge is 0.255 e. The summed E-state index contributed by atoms with van der Waals surface area (Å²) in [7, 11) is 3.05. The quantitative estimate of drug-likeness (QED) is 0.305. The molecule has 0 saturated carbocycles. The molecule has 9 heteroatoms. The van der Waals surface area contributed by atoms with Gasteiger partial charge in [0.05, 0.1) is 30.2 Å². The maximum absolute atomic E-state index is 12.8. The molecule has 0 aromatic heterocycles. The van der Waals surface area contributed by atoms with Crippen LogP contribution in [0.3, 0.4) is 0 Å². The van der Waals surface area contributed by atoms with Crippen molar-refractivity contribution in [2.75, 3.05) is 24.9 Å². The van der Waals surface area contributed by atoms with Crippen LogP contribution in [-0.4, -0.2) is 31.3 Å². The lowest BCUT2D eigenvalue weighted by Crippen LogP contribution is -2.24. The Morgan fingerprint density at radius 3 is 2.38 bits per heavy atom. The number of nitrogens with one attached hydrogen (secondary N) is 2. The van der Waals surface area contributed by atoms with E-state index in [2.05, 4.69) is 10.6 Å². The Morgan fingerprint density at radius 2 is 1.71 bits per heavy atom. The number of carbonyl (C=O) groups is 2. The number of hydrogen-bond donors (Lipinski definition) is 2. The van der Waals surface area contributed by atoms with Crippen molar-refractivity contribution in [3.63, 3.8) is 0 Å². The van der Waals surface area contributed by atoms with Gasteiger partial charge in [0.2, 0.25) is 5.91 Å². The highest BCUT2D eigenvalue weighted by Crippen LogP contribution is 2.31. The van der Waals surface area contributed by atoms with Crippen LogP contribution in [0, 0.1) is 0 Å². The molecule has 0 heterocycles. The zero-order valence-corrected chi connectivity index (χ0v) is 21.2. The molecule has 0 aliphatic rings. The van der Waals surface area contributed by atoms with Gasteiger partial charge in [-0.25, -0.2) is 0 Å². The standard InChI is InChI=1S/C25H24Cl2N2O4S/c1-4-23(25(31)29-20-10-9-16(26)13-19(20)27)34-18-7-5-6-17(14-18)28-24(30)15-8-11-21(32-2)22(12-15)33-3/h5-14,23H,4H2,1-3H3,(H,28,30)(H,29,31). The minimum atomic E-state index is -0.358. The second-order valence-electron chi connectivity index (χ2n) is 7.18. The molecule has 6 nitrogen and oxygen atoms in total. The molecule has 0 aliphatic carbocycles. The van der Waals surface area contributed by atoms with Gasteiger partial charge in [-0.2, -0.15) is 0 Å². The predicted molar refractivity (Wildman–Crippen MR) is 139 cm³/mol. The second-order valence-corrected chi connectivity index (χ2v) is 9.30. The van der Waals surface area contributed by atoms with Gasteiger partial charge in [-0.3, -0.25) is 9.59 Å². The van der Waals surface area contributed by atoms with Gasteiger partial charge in [-0.05, 0) is 61.0 Å². The number of amides is 2. The highest BCUT2D eigenvalue weighted by molar-refractivity contribution is 8.00. The lowest BCUT2D eigenvalue weighted by Gasteiger charge is -2.16. The first-order valence-corrected chi connectivity index (χ1v) is 12.0. The lowest BCUT2D eigenvalue weighted by atomic mass is 10.2. The number of carbonyl (C=O) groups excluding carboxylic acids is 2. The molecule has 0 spiro atoms. The number of anilines is 2. The summed E-state index contributed by atoms with van der Waals surface area (Å²) in [5, 5.41) is 6.25. The van der Waals surface area contributed by atoms with Crippen molar-refractivity contribution < 1.29 is 19.1 Å². The fourth-order valence-corrected chi connectivity index (χ4v) is 4.59. The van der Waals surface area contributed by atoms with Gasteiger partial charge >= 0.3 is 0 Å². The maximum atomic E-state index is 12.8. The lowest BCUT2D eigenvalue weighted by molar-refractivity contribution is -0.115. The molecule has 0 saturated heterocycles. The first kappa shape index (κ1) is 25.7. The van der Waals surface area contributed by atoms with Crippen LogP contribution in [-0.2, 0) is 4.79 Å². The van der Waals surface area contributed by atoms with Crippen LogP contribution in [0.2, 0.25) is 10.0 Å². The van der Waals surface area contributed by atoms with E-state index in [0.717, 1.165) is 4.90 Å². The average molecular weight is 519 g/mol. The first-order valence-electron chi connectivity index (χ1n) is 10.4. The van der Waals surface area contributed by atoms with Crippen molar-refractivity contribution in [1.82, 2.24) is 0 Å². The van der Waals surface area contributed by atoms with E-state index >= 15 is 0 Å². The van der Waals surface area contributed by atoms with E-state index in [9.17, 15) is 9.59 Å². The fourth-order valence-electron chi connectivity index (χ4n) is 3.12. The maximum Gasteiger partial charge on any atom is 0.255 e. The van der Waals surface area contributed by atoms with E-state index in [1.807, 2.05) is 25.1 Å².